The number of amides is 1. The molecule has 1 amide bonds. The molecule has 0 saturated carbocycles. The molecule has 3 aromatic rings. The number of anilines is 1. The van der Waals surface area contributed by atoms with Gasteiger partial charge in [-0.15, -0.1) is 10.2 Å². The zero-order chi connectivity index (χ0) is 15.4. The van der Waals surface area contributed by atoms with Crippen molar-refractivity contribution in [1.82, 2.24) is 10.2 Å². The van der Waals surface area contributed by atoms with Crippen molar-refractivity contribution < 1.29 is 9.53 Å². The number of carbonyl (C=O) groups is 1. The molecule has 5 nitrogen and oxygen atoms in total. The zero-order valence-electron chi connectivity index (χ0n) is 11.8. The average molecular weight is 311 g/mol. The maximum atomic E-state index is 12.2. The van der Waals surface area contributed by atoms with Gasteiger partial charge in [0, 0.05) is 11.3 Å². The van der Waals surface area contributed by atoms with Gasteiger partial charge in [-0.05, 0) is 24.3 Å². The van der Waals surface area contributed by atoms with Crippen LogP contribution in [0.4, 0.5) is 5.69 Å². The van der Waals surface area contributed by atoms with E-state index < -0.39 is 0 Å². The summed E-state index contributed by atoms with van der Waals surface area (Å²) in [7, 11) is 1.60. The summed E-state index contributed by atoms with van der Waals surface area (Å²) < 4.78 is 5.08. The minimum Gasteiger partial charge on any atom is -0.497 e. The topological polar surface area (TPSA) is 64.1 Å². The lowest BCUT2D eigenvalue weighted by atomic mass is 10.2. The molecule has 0 spiro atoms. The number of carbonyl (C=O) groups excluding carboxylic acids is 1. The summed E-state index contributed by atoms with van der Waals surface area (Å²) >= 11 is 1.26. The van der Waals surface area contributed by atoms with Crippen LogP contribution in [0.3, 0.4) is 0 Å². The molecule has 3 rings (SSSR count). The van der Waals surface area contributed by atoms with Crippen LogP contribution in [-0.4, -0.2) is 23.2 Å². The summed E-state index contributed by atoms with van der Waals surface area (Å²) in [6.07, 6.45) is 0. The van der Waals surface area contributed by atoms with Gasteiger partial charge in [0.1, 0.15) is 10.8 Å². The van der Waals surface area contributed by atoms with Gasteiger partial charge in [0.2, 0.25) is 5.01 Å². The third-order valence-electron chi connectivity index (χ3n) is 2.99. The molecule has 2 aromatic carbocycles. The number of aromatic nitrogens is 2. The van der Waals surface area contributed by atoms with Gasteiger partial charge in [0.25, 0.3) is 5.91 Å². The van der Waals surface area contributed by atoms with Crippen molar-refractivity contribution in [2.24, 2.45) is 0 Å². The third-order valence-corrected chi connectivity index (χ3v) is 3.96. The van der Waals surface area contributed by atoms with Gasteiger partial charge < -0.3 is 10.1 Å². The highest BCUT2D eigenvalue weighted by atomic mass is 32.1. The molecular formula is C16H13N3O2S. The quantitative estimate of drug-likeness (QED) is 0.801. The number of benzene rings is 2. The summed E-state index contributed by atoms with van der Waals surface area (Å²) in [4.78, 5) is 12.2. The molecule has 1 aromatic heterocycles. The summed E-state index contributed by atoms with van der Waals surface area (Å²) in [6.45, 7) is 0. The van der Waals surface area contributed by atoms with E-state index >= 15 is 0 Å². The molecule has 0 unspecified atom stereocenters. The monoisotopic (exact) mass is 311 g/mol. The summed E-state index contributed by atoms with van der Waals surface area (Å²) in [6, 6.07) is 16.8. The third kappa shape index (κ3) is 3.12. The van der Waals surface area contributed by atoms with Crippen molar-refractivity contribution in [3.63, 3.8) is 0 Å². The van der Waals surface area contributed by atoms with Gasteiger partial charge in [0.15, 0.2) is 0 Å². The second kappa shape index (κ2) is 6.36. The predicted molar refractivity (Wildman–Crippen MR) is 86.3 cm³/mol. The van der Waals surface area contributed by atoms with Crippen LogP contribution in [0, 0.1) is 0 Å². The Bertz CT molecular complexity index is 770. The van der Waals surface area contributed by atoms with Crippen LogP contribution in [0.15, 0.2) is 54.6 Å². The highest BCUT2D eigenvalue weighted by molar-refractivity contribution is 7.16. The summed E-state index contributed by atoms with van der Waals surface area (Å²) in [5, 5.41) is 11.9. The van der Waals surface area contributed by atoms with Crippen LogP contribution in [0.2, 0.25) is 0 Å². The highest BCUT2D eigenvalue weighted by Crippen LogP contribution is 2.24. The van der Waals surface area contributed by atoms with Gasteiger partial charge in [-0.3, -0.25) is 4.79 Å². The van der Waals surface area contributed by atoms with Crippen LogP contribution in [-0.2, 0) is 0 Å². The van der Waals surface area contributed by atoms with E-state index in [1.807, 2.05) is 30.3 Å². The fourth-order valence-electron chi connectivity index (χ4n) is 1.87. The largest absolute Gasteiger partial charge is 0.497 e. The van der Waals surface area contributed by atoms with Crippen molar-refractivity contribution in [2.75, 3.05) is 12.4 Å². The Balaban J connectivity index is 1.74. The van der Waals surface area contributed by atoms with E-state index in [1.54, 1.807) is 31.4 Å². The predicted octanol–water partition coefficient (Wildman–Crippen LogP) is 3.47. The van der Waals surface area contributed by atoms with Crippen molar-refractivity contribution in [3.8, 4) is 16.3 Å². The number of nitrogens with zero attached hydrogens (tertiary/aromatic N) is 2. The number of hydrogen-bond acceptors (Lipinski definition) is 5. The van der Waals surface area contributed by atoms with Gasteiger partial charge in [0.05, 0.1) is 7.11 Å². The van der Waals surface area contributed by atoms with Gasteiger partial charge >= 0.3 is 0 Å². The van der Waals surface area contributed by atoms with E-state index in [-0.39, 0.29) is 5.91 Å². The van der Waals surface area contributed by atoms with Crippen molar-refractivity contribution in [3.05, 3.63) is 59.6 Å². The van der Waals surface area contributed by atoms with Crippen molar-refractivity contribution >= 4 is 22.9 Å². The maximum absolute atomic E-state index is 12.2. The molecule has 0 saturated heterocycles. The fourth-order valence-corrected chi connectivity index (χ4v) is 2.62. The number of hydrogen-bond donors (Lipinski definition) is 1. The lowest BCUT2D eigenvalue weighted by Crippen LogP contribution is -2.11. The average Bonchev–Trinajstić information content (AvgIpc) is 3.06. The van der Waals surface area contributed by atoms with Crippen molar-refractivity contribution in [1.29, 1.82) is 0 Å². The second-order valence-corrected chi connectivity index (χ2v) is 5.44. The van der Waals surface area contributed by atoms with Gasteiger partial charge in [-0.2, -0.15) is 0 Å². The Labute approximate surface area is 131 Å². The van der Waals surface area contributed by atoms with E-state index in [0.29, 0.717) is 10.7 Å². The number of nitrogens with one attached hydrogen (secondary N) is 1. The Morgan fingerprint density at radius 1 is 1.05 bits per heavy atom. The lowest BCUT2D eigenvalue weighted by Gasteiger charge is -2.03. The summed E-state index contributed by atoms with van der Waals surface area (Å²) in [5.74, 6) is 0.463. The molecule has 0 bridgehead atoms. The molecule has 1 N–H and O–H groups in total. The first kappa shape index (κ1) is 14.2. The Kier molecular flexibility index (Phi) is 4.11. The van der Waals surface area contributed by atoms with Gasteiger partial charge in [-0.25, -0.2) is 0 Å². The van der Waals surface area contributed by atoms with E-state index in [9.17, 15) is 4.79 Å². The maximum Gasteiger partial charge on any atom is 0.286 e. The molecule has 0 fully saturated rings. The molecule has 0 aliphatic carbocycles. The molecule has 0 radical (unpaired) electrons. The first-order chi connectivity index (χ1) is 10.8. The second-order valence-electron chi connectivity index (χ2n) is 4.46. The number of ether oxygens (including phenoxy) is 1. The minimum absolute atomic E-state index is 0.273. The summed E-state index contributed by atoms with van der Waals surface area (Å²) in [5.41, 5.74) is 1.63. The molecule has 0 aliphatic rings. The van der Waals surface area contributed by atoms with Gasteiger partial charge in [-0.1, -0.05) is 41.7 Å². The first-order valence-electron chi connectivity index (χ1n) is 6.60. The normalized spacial score (nSPS) is 10.2. The highest BCUT2D eigenvalue weighted by Gasteiger charge is 2.14. The van der Waals surface area contributed by atoms with Crippen molar-refractivity contribution in [2.45, 2.75) is 0 Å². The van der Waals surface area contributed by atoms with Crippen LogP contribution in [0.1, 0.15) is 9.80 Å². The molecular weight excluding hydrogens is 298 g/mol. The molecule has 0 aliphatic heterocycles. The zero-order valence-corrected chi connectivity index (χ0v) is 12.6. The van der Waals surface area contributed by atoms with E-state index in [2.05, 4.69) is 15.5 Å². The molecule has 22 heavy (non-hydrogen) atoms. The fraction of sp³-hybridized carbons (Fsp3) is 0.0625. The Morgan fingerprint density at radius 3 is 2.45 bits per heavy atom. The van der Waals surface area contributed by atoms with Crippen LogP contribution < -0.4 is 10.1 Å². The molecule has 6 heteroatoms. The number of rotatable bonds is 4. The SMILES string of the molecule is COc1ccc(NC(=O)c2nnc(-c3ccccc3)s2)cc1. The number of methoxy groups -OCH3 is 1. The van der Waals surface area contributed by atoms with Crippen LogP contribution >= 0.6 is 11.3 Å². The smallest absolute Gasteiger partial charge is 0.286 e. The Morgan fingerprint density at radius 2 is 1.77 bits per heavy atom. The van der Waals surface area contributed by atoms with Crippen LogP contribution in [0.25, 0.3) is 10.6 Å². The van der Waals surface area contributed by atoms with E-state index in [0.717, 1.165) is 16.3 Å². The first-order valence-corrected chi connectivity index (χ1v) is 7.42. The minimum atomic E-state index is -0.273. The molecule has 0 atom stereocenters. The lowest BCUT2D eigenvalue weighted by molar-refractivity contribution is 0.102. The molecule has 1 heterocycles. The van der Waals surface area contributed by atoms with E-state index in [4.69, 9.17) is 4.74 Å². The standard InChI is InChI=1S/C16H13N3O2S/c1-21-13-9-7-12(8-10-13)17-14(20)16-19-18-15(22-16)11-5-3-2-4-6-11/h2-10H,1H3,(H,17,20). The molecule has 110 valence electrons. The van der Waals surface area contributed by atoms with E-state index in [1.165, 1.54) is 11.3 Å². The van der Waals surface area contributed by atoms with Crippen LogP contribution in [0.5, 0.6) is 5.75 Å². The Hall–Kier alpha value is -2.73.